The summed E-state index contributed by atoms with van der Waals surface area (Å²) < 4.78 is 26.0. The lowest BCUT2D eigenvalue weighted by Crippen LogP contribution is -2.27. The molecule has 122 valence electrons. The van der Waals surface area contributed by atoms with Gasteiger partial charge in [-0.2, -0.15) is 0 Å². The van der Waals surface area contributed by atoms with Gasteiger partial charge in [0.05, 0.1) is 10.7 Å². The zero-order valence-corrected chi connectivity index (χ0v) is 13.9. The number of hydrogen-bond donors (Lipinski definition) is 0. The van der Waals surface area contributed by atoms with E-state index >= 15 is 0 Å². The van der Waals surface area contributed by atoms with Crippen LogP contribution in [0.2, 0.25) is 5.02 Å². The Morgan fingerprint density at radius 3 is 2.39 bits per heavy atom. The molecule has 8 heteroatoms. The minimum atomic E-state index is -3.59. The van der Waals surface area contributed by atoms with E-state index in [2.05, 4.69) is 0 Å². The van der Waals surface area contributed by atoms with Crippen molar-refractivity contribution < 1.29 is 13.3 Å². The van der Waals surface area contributed by atoms with E-state index in [9.17, 15) is 18.5 Å². The SMILES string of the molecule is CN(Cc1ccc(Cl)cc1)S(=O)(=O)Cc1cccc([N+](=O)[O-])c1. The maximum Gasteiger partial charge on any atom is 0.269 e. The highest BCUT2D eigenvalue weighted by molar-refractivity contribution is 7.88. The van der Waals surface area contributed by atoms with Crippen molar-refractivity contribution in [3.63, 3.8) is 0 Å². The third-order valence-corrected chi connectivity index (χ3v) is 5.29. The van der Waals surface area contributed by atoms with E-state index in [1.54, 1.807) is 30.3 Å². The molecular weight excluding hydrogens is 340 g/mol. The number of nitro benzene ring substituents is 1. The molecule has 0 aliphatic rings. The van der Waals surface area contributed by atoms with Crippen LogP contribution >= 0.6 is 11.6 Å². The summed E-state index contributed by atoms with van der Waals surface area (Å²) in [7, 11) is -2.11. The van der Waals surface area contributed by atoms with Crippen molar-refractivity contribution in [3.05, 3.63) is 74.8 Å². The van der Waals surface area contributed by atoms with Gasteiger partial charge in [-0.1, -0.05) is 35.9 Å². The predicted octanol–water partition coefficient (Wildman–Crippen LogP) is 3.21. The maximum absolute atomic E-state index is 12.4. The van der Waals surface area contributed by atoms with E-state index in [1.807, 2.05) is 0 Å². The van der Waals surface area contributed by atoms with Crippen LogP contribution in [0.1, 0.15) is 11.1 Å². The van der Waals surface area contributed by atoms with E-state index in [1.165, 1.54) is 29.6 Å². The molecule has 0 spiro atoms. The molecule has 2 rings (SSSR count). The van der Waals surface area contributed by atoms with Crippen LogP contribution in [0.5, 0.6) is 0 Å². The Labute approximate surface area is 139 Å². The lowest BCUT2D eigenvalue weighted by atomic mass is 10.2. The van der Waals surface area contributed by atoms with Gasteiger partial charge in [0.25, 0.3) is 5.69 Å². The fourth-order valence-electron chi connectivity index (χ4n) is 2.03. The highest BCUT2D eigenvalue weighted by Gasteiger charge is 2.20. The second-order valence-corrected chi connectivity index (χ2v) is 7.58. The first-order chi connectivity index (χ1) is 10.8. The molecule has 23 heavy (non-hydrogen) atoms. The molecule has 6 nitrogen and oxygen atoms in total. The van der Waals surface area contributed by atoms with Crippen LogP contribution in [0, 0.1) is 10.1 Å². The number of hydrogen-bond acceptors (Lipinski definition) is 4. The molecule has 0 bridgehead atoms. The Bertz CT molecular complexity index is 806. The van der Waals surface area contributed by atoms with Gasteiger partial charge in [-0.3, -0.25) is 10.1 Å². The molecule has 0 saturated carbocycles. The largest absolute Gasteiger partial charge is 0.269 e. The van der Waals surface area contributed by atoms with Crippen molar-refractivity contribution in [2.75, 3.05) is 7.05 Å². The number of non-ortho nitro benzene ring substituents is 1. The maximum atomic E-state index is 12.4. The number of nitrogens with zero attached hydrogens (tertiary/aromatic N) is 2. The van der Waals surface area contributed by atoms with Crippen LogP contribution in [0.3, 0.4) is 0 Å². The zero-order valence-electron chi connectivity index (χ0n) is 12.3. The second-order valence-electron chi connectivity index (χ2n) is 5.07. The fraction of sp³-hybridized carbons (Fsp3) is 0.200. The zero-order chi connectivity index (χ0) is 17.0. The Morgan fingerprint density at radius 1 is 1.13 bits per heavy atom. The molecule has 0 aliphatic carbocycles. The molecule has 0 heterocycles. The highest BCUT2D eigenvalue weighted by atomic mass is 35.5. The molecule has 0 aliphatic heterocycles. The molecule has 0 unspecified atom stereocenters. The molecule has 0 saturated heterocycles. The smallest absolute Gasteiger partial charge is 0.258 e. The monoisotopic (exact) mass is 354 g/mol. The van der Waals surface area contributed by atoms with Gasteiger partial charge in [0, 0.05) is 30.7 Å². The molecular formula is C15H15ClN2O4S. The molecule has 0 fully saturated rings. The number of rotatable bonds is 6. The Kier molecular flexibility index (Phi) is 5.35. The lowest BCUT2D eigenvalue weighted by molar-refractivity contribution is -0.384. The summed E-state index contributed by atoms with van der Waals surface area (Å²) in [5.74, 6) is -0.293. The topological polar surface area (TPSA) is 80.5 Å². The fourth-order valence-corrected chi connectivity index (χ4v) is 3.32. The Hall–Kier alpha value is -1.96. The van der Waals surface area contributed by atoms with Crippen molar-refractivity contribution in [3.8, 4) is 0 Å². The van der Waals surface area contributed by atoms with Crippen LogP contribution in [0.4, 0.5) is 5.69 Å². The van der Waals surface area contributed by atoms with E-state index < -0.39 is 14.9 Å². The Balaban J connectivity index is 2.13. The number of halogens is 1. The summed E-state index contributed by atoms with van der Waals surface area (Å²) in [6.07, 6.45) is 0. The average molecular weight is 355 g/mol. The third kappa shape index (κ3) is 4.75. The van der Waals surface area contributed by atoms with Crippen LogP contribution in [0.25, 0.3) is 0 Å². The molecule has 0 N–H and O–H groups in total. The average Bonchev–Trinajstić information content (AvgIpc) is 2.49. The van der Waals surface area contributed by atoms with Gasteiger partial charge in [-0.25, -0.2) is 12.7 Å². The highest BCUT2D eigenvalue weighted by Crippen LogP contribution is 2.18. The van der Waals surface area contributed by atoms with Crippen LogP contribution in [-0.2, 0) is 22.3 Å². The quantitative estimate of drug-likeness (QED) is 0.589. The summed E-state index contributed by atoms with van der Waals surface area (Å²) in [5, 5.41) is 11.3. The van der Waals surface area contributed by atoms with Crippen LogP contribution < -0.4 is 0 Å². The van der Waals surface area contributed by atoms with Crippen molar-refractivity contribution >= 4 is 27.3 Å². The van der Waals surface area contributed by atoms with Gasteiger partial charge in [0.1, 0.15) is 0 Å². The summed E-state index contributed by atoms with van der Waals surface area (Å²) >= 11 is 5.80. The third-order valence-electron chi connectivity index (χ3n) is 3.26. The van der Waals surface area contributed by atoms with Crippen molar-refractivity contribution in [1.82, 2.24) is 4.31 Å². The van der Waals surface area contributed by atoms with E-state index in [0.717, 1.165) is 5.56 Å². The Morgan fingerprint density at radius 2 is 1.78 bits per heavy atom. The van der Waals surface area contributed by atoms with Gasteiger partial charge < -0.3 is 0 Å². The predicted molar refractivity (Wildman–Crippen MR) is 88.6 cm³/mol. The second kappa shape index (κ2) is 7.08. The molecule has 0 radical (unpaired) electrons. The summed E-state index contributed by atoms with van der Waals surface area (Å²) in [4.78, 5) is 10.2. The van der Waals surface area contributed by atoms with Gasteiger partial charge in [0.15, 0.2) is 0 Å². The van der Waals surface area contributed by atoms with E-state index in [-0.39, 0.29) is 18.0 Å². The van der Waals surface area contributed by atoms with Crippen molar-refractivity contribution in [2.24, 2.45) is 0 Å². The van der Waals surface area contributed by atoms with Crippen LogP contribution in [-0.4, -0.2) is 24.7 Å². The van der Waals surface area contributed by atoms with Gasteiger partial charge in [0.2, 0.25) is 10.0 Å². The number of benzene rings is 2. The molecule has 2 aromatic carbocycles. The van der Waals surface area contributed by atoms with Gasteiger partial charge in [-0.15, -0.1) is 0 Å². The normalized spacial score (nSPS) is 11.6. The summed E-state index contributed by atoms with van der Waals surface area (Å²) in [6, 6.07) is 12.5. The van der Waals surface area contributed by atoms with Crippen molar-refractivity contribution in [2.45, 2.75) is 12.3 Å². The van der Waals surface area contributed by atoms with E-state index in [4.69, 9.17) is 11.6 Å². The first-order valence-electron chi connectivity index (χ1n) is 6.70. The molecule has 0 atom stereocenters. The minimum Gasteiger partial charge on any atom is -0.258 e. The lowest BCUT2D eigenvalue weighted by Gasteiger charge is -2.17. The number of nitro groups is 1. The number of sulfonamides is 1. The summed E-state index contributed by atoms with van der Waals surface area (Å²) in [6.45, 7) is 0.203. The van der Waals surface area contributed by atoms with Crippen molar-refractivity contribution in [1.29, 1.82) is 0 Å². The van der Waals surface area contributed by atoms with Gasteiger partial charge >= 0.3 is 0 Å². The van der Waals surface area contributed by atoms with E-state index in [0.29, 0.717) is 10.6 Å². The van der Waals surface area contributed by atoms with Crippen LogP contribution in [0.15, 0.2) is 48.5 Å². The van der Waals surface area contributed by atoms with Gasteiger partial charge in [-0.05, 0) is 23.3 Å². The first-order valence-corrected chi connectivity index (χ1v) is 8.68. The first kappa shape index (κ1) is 17.4. The molecule has 0 amide bonds. The molecule has 2 aromatic rings. The summed E-state index contributed by atoms with van der Waals surface area (Å²) in [5.41, 5.74) is 1.06. The standard InChI is InChI=1S/C15H15ClN2O4S/c1-17(10-12-5-7-14(16)8-6-12)23(21,22)11-13-3-2-4-15(9-13)18(19)20/h2-9H,10-11H2,1H3. The minimum absolute atomic E-state index is 0.127. The molecule has 0 aromatic heterocycles.